The first-order valence-electron chi connectivity index (χ1n) is 7.87. The number of aromatic hydroxyl groups is 1. The van der Waals surface area contributed by atoms with Crippen molar-refractivity contribution in [3.63, 3.8) is 0 Å². The van der Waals surface area contributed by atoms with Crippen LogP contribution < -0.4 is 5.32 Å². The molecule has 26 heavy (non-hydrogen) atoms. The SMILES string of the molecule is Cc1nn(-c2ccc(F)cc2)c2sc(C(=O)Nc3ccc(O)cc3)cc12. The molecule has 0 bridgehead atoms. The van der Waals surface area contributed by atoms with Gasteiger partial charge in [0.25, 0.3) is 5.91 Å². The second kappa shape index (κ2) is 6.27. The minimum absolute atomic E-state index is 0.139. The van der Waals surface area contributed by atoms with Crippen LogP contribution in [-0.2, 0) is 0 Å². The number of carbonyl (C=O) groups excluding carboxylic acids is 1. The number of aryl methyl sites for hydroxylation is 1. The fourth-order valence-electron chi connectivity index (χ4n) is 2.65. The summed E-state index contributed by atoms with van der Waals surface area (Å²) in [6, 6.07) is 14.1. The fraction of sp³-hybridized carbons (Fsp3) is 0.0526. The zero-order valence-corrected chi connectivity index (χ0v) is 14.5. The number of fused-ring (bicyclic) bond motifs is 1. The summed E-state index contributed by atoms with van der Waals surface area (Å²) in [7, 11) is 0. The maximum atomic E-state index is 13.2. The van der Waals surface area contributed by atoms with E-state index in [4.69, 9.17) is 0 Å². The van der Waals surface area contributed by atoms with Crippen LogP contribution in [0.1, 0.15) is 15.4 Å². The number of carbonyl (C=O) groups is 1. The van der Waals surface area contributed by atoms with Gasteiger partial charge < -0.3 is 10.4 Å². The van der Waals surface area contributed by atoms with Gasteiger partial charge in [-0.05, 0) is 61.5 Å². The van der Waals surface area contributed by atoms with Gasteiger partial charge in [0.15, 0.2) is 0 Å². The largest absolute Gasteiger partial charge is 0.508 e. The number of amides is 1. The van der Waals surface area contributed by atoms with Crippen molar-refractivity contribution in [3.8, 4) is 11.4 Å². The van der Waals surface area contributed by atoms with Crippen LogP contribution in [0.25, 0.3) is 15.9 Å². The Morgan fingerprint density at radius 3 is 2.54 bits per heavy atom. The van der Waals surface area contributed by atoms with Crippen LogP contribution >= 0.6 is 11.3 Å². The van der Waals surface area contributed by atoms with Gasteiger partial charge in [-0.1, -0.05) is 0 Å². The Hall–Kier alpha value is -3.19. The molecule has 2 heterocycles. The topological polar surface area (TPSA) is 67.2 Å². The highest BCUT2D eigenvalue weighted by Gasteiger charge is 2.17. The number of nitrogens with one attached hydrogen (secondary N) is 1. The van der Waals surface area contributed by atoms with E-state index in [2.05, 4.69) is 10.4 Å². The number of thiophene rings is 1. The van der Waals surface area contributed by atoms with Crippen molar-refractivity contribution in [2.24, 2.45) is 0 Å². The van der Waals surface area contributed by atoms with Crippen LogP contribution in [0.5, 0.6) is 5.75 Å². The van der Waals surface area contributed by atoms with E-state index in [-0.39, 0.29) is 17.5 Å². The second-order valence-corrected chi connectivity index (χ2v) is 6.83. The van der Waals surface area contributed by atoms with Gasteiger partial charge in [0.2, 0.25) is 0 Å². The van der Waals surface area contributed by atoms with Crippen molar-refractivity contribution in [3.05, 3.63) is 71.0 Å². The van der Waals surface area contributed by atoms with Crippen LogP contribution in [0, 0.1) is 12.7 Å². The number of rotatable bonds is 3. The molecular formula is C19H14FN3O2S. The highest BCUT2D eigenvalue weighted by molar-refractivity contribution is 7.20. The molecule has 0 spiro atoms. The Morgan fingerprint density at radius 1 is 1.15 bits per heavy atom. The number of hydrogen-bond donors (Lipinski definition) is 2. The van der Waals surface area contributed by atoms with Crippen LogP contribution in [0.2, 0.25) is 0 Å². The van der Waals surface area contributed by atoms with E-state index in [9.17, 15) is 14.3 Å². The highest BCUT2D eigenvalue weighted by atomic mass is 32.1. The molecule has 7 heteroatoms. The molecule has 0 aliphatic heterocycles. The third-order valence-electron chi connectivity index (χ3n) is 3.96. The number of nitrogens with zero attached hydrogens (tertiary/aromatic N) is 2. The van der Waals surface area contributed by atoms with Crippen LogP contribution in [0.3, 0.4) is 0 Å². The number of phenolic OH excluding ortho intramolecular Hbond substituents is 1. The first-order valence-corrected chi connectivity index (χ1v) is 8.68. The van der Waals surface area contributed by atoms with E-state index in [0.717, 1.165) is 21.6 Å². The van der Waals surface area contributed by atoms with Crippen molar-refractivity contribution in [1.82, 2.24) is 9.78 Å². The molecule has 4 rings (SSSR count). The lowest BCUT2D eigenvalue weighted by atomic mass is 10.2. The molecule has 0 saturated heterocycles. The first kappa shape index (κ1) is 16.3. The smallest absolute Gasteiger partial charge is 0.265 e. The number of benzene rings is 2. The van der Waals surface area contributed by atoms with Crippen molar-refractivity contribution in [2.75, 3.05) is 5.32 Å². The van der Waals surface area contributed by atoms with Crippen LogP contribution in [-0.4, -0.2) is 20.8 Å². The molecule has 4 aromatic rings. The molecule has 1 amide bonds. The van der Waals surface area contributed by atoms with Gasteiger partial charge >= 0.3 is 0 Å². The molecule has 5 nitrogen and oxygen atoms in total. The first-order chi connectivity index (χ1) is 12.5. The van der Waals surface area contributed by atoms with Crippen molar-refractivity contribution >= 4 is 33.1 Å². The minimum atomic E-state index is -0.311. The number of aromatic nitrogens is 2. The van der Waals surface area contributed by atoms with E-state index >= 15 is 0 Å². The summed E-state index contributed by atoms with van der Waals surface area (Å²) in [6.07, 6.45) is 0. The number of halogens is 1. The summed E-state index contributed by atoms with van der Waals surface area (Å²) in [5.41, 5.74) is 2.13. The summed E-state index contributed by atoms with van der Waals surface area (Å²) >= 11 is 1.32. The van der Waals surface area contributed by atoms with Gasteiger partial charge in [-0.3, -0.25) is 4.79 Å². The Balaban J connectivity index is 1.69. The van der Waals surface area contributed by atoms with E-state index in [1.54, 1.807) is 35.0 Å². The maximum Gasteiger partial charge on any atom is 0.265 e. The van der Waals surface area contributed by atoms with Gasteiger partial charge in [-0.15, -0.1) is 11.3 Å². The van der Waals surface area contributed by atoms with Gasteiger partial charge in [0.05, 0.1) is 16.3 Å². The summed E-state index contributed by atoms with van der Waals surface area (Å²) in [6.45, 7) is 1.87. The van der Waals surface area contributed by atoms with Gasteiger partial charge in [-0.25, -0.2) is 9.07 Å². The molecule has 0 radical (unpaired) electrons. The van der Waals surface area contributed by atoms with E-state index in [1.165, 1.54) is 35.6 Å². The molecule has 0 saturated carbocycles. The monoisotopic (exact) mass is 367 g/mol. The number of hydrogen-bond acceptors (Lipinski definition) is 4. The third-order valence-corrected chi connectivity index (χ3v) is 5.07. The Kier molecular flexibility index (Phi) is 3.93. The normalized spacial score (nSPS) is 11.0. The third kappa shape index (κ3) is 2.93. The zero-order valence-electron chi connectivity index (χ0n) is 13.7. The van der Waals surface area contributed by atoms with Gasteiger partial charge in [-0.2, -0.15) is 5.10 Å². The van der Waals surface area contributed by atoms with Gasteiger partial charge in [0, 0.05) is 11.1 Å². The molecule has 0 aliphatic carbocycles. The maximum absolute atomic E-state index is 13.2. The Bertz CT molecular complexity index is 1100. The fourth-order valence-corrected chi connectivity index (χ4v) is 3.73. The molecule has 0 unspecified atom stereocenters. The van der Waals surface area contributed by atoms with E-state index in [1.807, 2.05) is 6.92 Å². The Labute approximate surface area is 152 Å². The van der Waals surface area contributed by atoms with Crippen LogP contribution in [0.15, 0.2) is 54.6 Å². The quantitative estimate of drug-likeness (QED) is 0.524. The highest BCUT2D eigenvalue weighted by Crippen LogP contribution is 2.31. The lowest BCUT2D eigenvalue weighted by molar-refractivity contribution is 0.103. The van der Waals surface area contributed by atoms with Crippen molar-refractivity contribution < 1.29 is 14.3 Å². The van der Waals surface area contributed by atoms with Gasteiger partial charge in [0.1, 0.15) is 16.4 Å². The number of anilines is 1. The average molecular weight is 367 g/mol. The van der Waals surface area contributed by atoms with E-state index in [0.29, 0.717) is 10.6 Å². The molecule has 130 valence electrons. The predicted octanol–water partition coefficient (Wildman–Crippen LogP) is 4.49. The second-order valence-electron chi connectivity index (χ2n) is 5.80. The molecule has 2 aromatic heterocycles. The molecular weight excluding hydrogens is 353 g/mol. The summed E-state index contributed by atoms with van der Waals surface area (Å²) in [5.74, 6) is -0.407. The molecule has 2 N–H and O–H groups in total. The lowest BCUT2D eigenvalue weighted by Gasteiger charge is -2.04. The molecule has 0 fully saturated rings. The summed E-state index contributed by atoms with van der Waals surface area (Å²) < 4.78 is 14.9. The predicted molar refractivity (Wildman–Crippen MR) is 99.7 cm³/mol. The summed E-state index contributed by atoms with van der Waals surface area (Å²) in [4.78, 5) is 13.9. The Morgan fingerprint density at radius 2 is 1.85 bits per heavy atom. The lowest BCUT2D eigenvalue weighted by Crippen LogP contribution is -2.09. The standard InChI is InChI=1S/C19H14FN3O2S/c1-11-16-10-17(18(25)21-13-4-8-15(24)9-5-13)26-19(16)23(22-11)14-6-2-12(20)3-7-14/h2-10,24H,1H3,(H,21,25). The molecule has 0 aliphatic rings. The minimum Gasteiger partial charge on any atom is -0.508 e. The average Bonchev–Trinajstić information content (AvgIpc) is 3.19. The molecule has 2 aromatic carbocycles. The van der Waals surface area contributed by atoms with Crippen molar-refractivity contribution in [1.29, 1.82) is 0 Å². The molecule has 0 atom stereocenters. The van der Waals surface area contributed by atoms with E-state index < -0.39 is 0 Å². The number of phenols is 1. The van der Waals surface area contributed by atoms with Crippen LogP contribution in [0.4, 0.5) is 10.1 Å². The van der Waals surface area contributed by atoms with Crippen molar-refractivity contribution in [2.45, 2.75) is 6.92 Å². The zero-order chi connectivity index (χ0) is 18.3. The summed E-state index contributed by atoms with van der Waals surface area (Å²) in [5, 5.41) is 17.5.